The van der Waals surface area contributed by atoms with Gasteiger partial charge in [-0.15, -0.1) is 0 Å². The van der Waals surface area contributed by atoms with Gasteiger partial charge in [0.05, 0.1) is 24.9 Å². The summed E-state index contributed by atoms with van der Waals surface area (Å²) >= 11 is 3.03. The zero-order chi connectivity index (χ0) is 14.7. The molecule has 104 valence electrons. The molecule has 0 spiro atoms. The number of ether oxygens (including phenoxy) is 2. The number of aromatic nitrogens is 2. The number of hydrogen-bond donors (Lipinski definition) is 0. The summed E-state index contributed by atoms with van der Waals surface area (Å²) in [4.78, 5) is 20.3. The molecular formula is C13H10BrFN2O3. The first kappa shape index (κ1) is 14.4. The van der Waals surface area contributed by atoms with Gasteiger partial charge in [-0.1, -0.05) is 0 Å². The molecule has 0 unspecified atom stereocenters. The van der Waals surface area contributed by atoms with Crippen molar-refractivity contribution in [2.45, 2.75) is 0 Å². The molecule has 1 heterocycles. The van der Waals surface area contributed by atoms with Crippen LogP contribution in [0.5, 0.6) is 11.8 Å². The van der Waals surface area contributed by atoms with Gasteiger partial charge in [0.2, 0.25) is 17.5 Å². The number of carbonyl (C=O) groups excluding carboxylic acids is 1. The van der Waals surface area contributed by atoms with Crippen LogP contribution in [0, 0.1) is 5.82 Å². The largest absolute Gasteiger partial charge is 0.480 e. The molecule has 0 N–H and O–H groups in total. The molecule has 0 fully saturated rings. The van der Waals surface area contributed by atoms with Crippen molar-refractivity contribution in [3.63, 3.8) is 0 Å². The van der Waals surface area contributed by atoms with E-state index in [-0.39, 0.29) is 27.5 Å². The second-order valence-electron chi connectivity index (χ2n) is 3.73. The van der Waals surface area contributed by atoms with Gasteiger partial charge in [-0.25, -0.2) is 9.37 Å². The first-order valence-electron chi connectivity index (χ1n) is 5.51. The smallest absolute Gasteiger partial charge is 0.247 e. The van der Waals surface area contributed by atoms with E-state index < -0.39 is 11.6 Å². The van der Waals surface area contributed by atoms with E-state index in [0.717, 1.165) is 0 Å². The normalized spacial score (nSPS) is 10.2. The molecule has 0 atom stereocenters. The maximum atomic E-state index is 13.2. The lowest BCUT2D eigenvalue weighted by molar-refractivity contribution is 0.103. The Bertz CT molecular complexity index is 664. The highest BCUT2D eigenvalue weighted by Gasteiger charge is 2.19. The molecule has 7 heteroatoms. The van der Waals surface area contributed by atoms with Gasteiger partial charge in [0.1, 0.15) is 5.82 Å². The monoisotopic (exact) mass is 340 g/mol. The van der Waals surface area contributed by atoms with Gasteiger partial charge in [-0.05, 0) is 34.1 Å². The number of ketones is 1. The molecule has 1 aromatic carbocycles. The van der Waals surface area contributed by atoms with Crippen LogP contribution in [0.3, 0.4) is 0 Å². The Morgan fingerprint density at radius 2 is 2.05 bits per heavy atom. The highest BCUT2D eigenvalue weighted by molar-refractivity contribution is 9.10. The molecule has 2 aromatic rings. The second-order valence-corrected chi connectivity index (χ2v) is 4.58. The fourth-order valence-electron chi connectivity index (χ4n) is 1.53. The molecule has 20 heavy (non-hydrogen) atoms. The summed E-state index contributed by atoms with van der Waals surface area (Å²) in [6, 6.07) is 3.94. The minimum absolute atomic E-state index is 0.0341. The van der Waals surface area contributed by atoms with Crippen LogP contribution in [0.25, 0.3) is 0 Å². The van der Waals surface area contributed by atoms with Gasteiger partial charge in [-0.2, -0.15) is 4.98 Å². The fourth-order valence-corrected chi connectivity index (χ4v) is 1.91. The first-order valence-corrected chi connectivity index (χ1v) is 6.31. The fraction of sp³-hybridized carbons (Fsp3) is 0.154. The Kier molecular flexibility index (Phi) is 4.29. The minimum atomic E-state index is -0.450. The number of nitrogens with zero attached hydrogens (tertiary/aromatic N) is 2. The van der Waals surface area contributed by atoms with Gasteiger partial charge in [0, 0.05) is 5.56 Å². The molecule has 0 radical (unpaired) electrons. The van der Waals surface area contributed by atoms with E-state index in [1.807, 2.05) is 0 Å². The number of methoxy groups -OCH3 is 2. The first-order chi connectivity index (χ1) is 9.56. The number of halogens is 2. The molecule has 0 aliphatic heterocycles. The Hall–Kier alpha value is -2.02. The average Bonchev–Trinajstić information content (AvgIpc) is 2.48. The van der Waals surface area contributed by atoms with Crippen LogP contribution in [0.15, 0.2) is 28.9 Å². The van der Waals surface area contributed by atoms with Gasteiger partial charge in [-0.3, -0.25) is 4.79 Å². The van der Waals surface area contributed by atoms with Crippen LogP contribution < -0.4 is 9.47 Å². The molecular weight excluding hydrogens is 331 g/mol. The van der Waals surface area contributed by atoms with Gasteiger partial charge < -0.3 is 9.47 Å². The number of carbonyl (C=O) groups is 1. The predicted molar refractivity (Wildman–Crippen MR) is 72.7 cm³/mol. The Labute approximate surface area is 122 Å². The summed E-state index contributed by atoms with van der Waals surface area (Å²) in [6.45, 7) is 0. The maximum absolute atomic E-state index is 13.2. The highest BCUT2D eigenvalue weighted by atomic mass is 79.9. The second kappa shape index (κ2) is 5.96. The number of benzene rings is 1. The summed E-state index contributed by atoms with van der Waals surface area (Å²) < 4.78 is 23.3. The summed E-state index contributed by atoms with van der Waals surface area (Å²) in [5.74, 6) is -0.583. The Morgan fingerprint density at radius 3 is 2.65 bits per heavy atom. The average molecular weight is 341 g/mol. The number of hydrogen-bond acceptors (Lipinski definition) is 5. The molecule has 0 saturated carbocycles. The number of rotatable bonds is 4. The topological polar surface area (TPSA) is 61.3 Å². The van der Waals surface area contributed by atoms with Crippen molar-refractivity contribution in [3.05, 3.63) is 45.9 Å². The van der Waals surface area contributed by atoms with Crippen molar-refractivity contribution >= 4 is 21.7 Å². The molecule has 0 saturated heterocycles. The van der Waals surface area contributed by atoms with Crippen LogP contribution in [0.4, 0.5) is 4.39 Å². The van der Waals surface area contributed by atoms with Crippen LogP contribution in [0.2, 0.25) is 0 Å². The van der Waals surface area contributed by atoms with Gasteiger partial charge >= 0.3 is 0 Å². The summed E-state index contributed by atoms with van der Waals surface area (Å²) in [5.41, 5.74) is 0.308. The van der Waals surface area contributed by atoms with Crippen LogP contribution >= 0.6 is 15.9 Å². The van der Waals surface area contributed by atoms with Crippen molar-refractivity contribution in [1.82, 2.24) is 9.97 Å². The molecule has 2 rings (SSSR count). The lowest BCUT2D eigenvalue weighted by Crippen LogP contribution is -2.09. The summed E-state index contributed by atoms with van der Waals surface area (Å²) in [6.07, 6.45) is 1.31. The standard InChI is InChI=1S/C13H10BrFN2O3/c1-19-10-6-16-11(13(17-10)20-2)12(18)7-3-4-9(15)8(14)5-7/h3-6H,1-2H3. The van der Waals surface area contributed by atoms with E-state index in [9.17, 15) is 9.18 Å². The van der Waals surface area contributed by atoms with Crippen molar-refractivity contribution in [2.75, 3.05) is 14.2 Å². The molecule has 5 nitrogen and oxygen atoms in total. The van der Waals surface area contributed by atoms with Gasteiger partial charge in [0.25, 0.3) is 0 Å². The lowest BCUT2D eigenvalue weighted by Gasteiger charge is -2.07. The van der Waals surface area contributed by atoms with E-state index in [1.165, 1.54) is 38.6 Å². The zero-order valence-electron chi connectivity index (χ0n) is 10.7. The quantitative estimate of drug-likeness (QED) is 0.800. The van der Waals surface area contributed by atoms with E-state index >= 15 is 0 Å². The van der Waals surface area contributed by atoms with Crippen LogP contribution in [0.1, 0.15) is 16.1 Å². The van der Waals surface area contributed by atoms with Crippen molar-refractivity contribution in [1.29, 1.82) is 0 Å². The van der Waals surface area contributed by atoms with E-state index in [1.54, 1.807) is 0 Å². The van der Waals surface area contributed by atoms with E-state index in [0.29, 0.717) is 0 Å². The molecule has 1 aromatic heterocycles. The van der Waals surface area contributed by atoms with Crippen LogP contribution in [-0.4, -0.2) is 30.0 Å². The third kappa shape index (κ3) is 2.77. The Morgan fingerprint density at radius 1 is 1.30 bits per heavy atom. The maximum Gasteiger partial charge on any atom is 0.247 e. The molecule has 0 amide bonds. The van der Waals surface area contributed by atoms with Crippen LogP contribution in [-0.2, 0) is 0 Å². The zero-order valence-corrected chi connectivity index (χ0v) is 12.3. The van der Waals surface area contributed by atoms with Crippen molar-refractivity contribution < 1.29 is 18.7 Å². The third-order valence-electron chi connectivity index (χ3n) is 2.52. The predicted octanol–water partition coefficient (Wildman–Crippen LogP) is 2.63. The molecule has 0 bridgehead atoms. The molecule has 0 aliphatic carbocycles. The molecule has 0 aliphatic rings. The van der Waals surface area contributed by atoms with Crippen molar-refractivity contribution in [2.24, 2.45) is 0 Å². The SMILES string of the molecule is COc1cnc(C(=O)c2ccc(F)c(Br)c2)c(OC)n1. The minimum Gasteiger partial charge on any atom is -0.480 e. The van der Waals surface area contributed by atoms with E-state index in [4.69, 9.17) is 9.47 Å². The van der Waals surface area contributed by atoms with Gasteiger partial charge in [0.15, 0.2) is 5.69 Å². The highest BCUT2D eigenvalue weighted by Crippen LogP contribution is 2.23. The Balaban J connectivity index is 2.44. The summed E-state index contributed by atoms with van der Waals surface area (Å²) in [5, 5.41) is 0. The van der Waals surface area contributed by atoms with Crippen molar-refractivity contribution in [3.8, 4) is 11.8 Å². The van der Waals surface area contributed by atoms with E-state index in [2.05, 4.69) is 25.9 Å². The third-order valence-corrected chi connectivity index (χ3v) is 3.13. The lowest BCUT2D eigenvalue weighted by atomic mass is 10.1. The summed E-state index contributed by atoms with van der Waals surface area (Å²) in [7, 11) is 2.81.